The third-order valence-electron chi connectivity index (χ3n) is 3.53. The van der Waals surface area contributed by atoms with Crippen LogP contribution in [0.3, 0.4) is 0 Å². The SMILES string of the molecule is Cn1c(SC(C(N)=O)c2ccccc2)nc2ccccc2c1=O. The first-order valence-electron chi connectivity index (χ1n) is 7.04. The molecule has 6 heteroatoms. The van der Waals surface area contributed by atoms with E-state index >= 15 is 0 Å². The van der Waals surface area contributed by atoms with Crippen molar-refractivity contribution < 1.29 is 4.79 Å². The molecule has 2 aromatic carbocycles. The van der Waals surface area contributed by atoms with Gasteiger partial charge >= 0.3 is 0 Å². The molecule has 2 N–H and O–H groups in total. The smallest absolute Gasteiger partial charge is 0.261 e. The summed E-state index contributed by atoms with van der Waals surface area (Å²) in [7, 11) is 1.65. The summed E-state index contributed by atoms with van der Waals surface area (Å²) in [5, 5.41) is 0.409. The standard InChI is InChI=1S/C17H15N3O2S/c1-20-16(22)12-9-5-6-10-13(12)19-17(20)23-14(15(18)21)11-7-3-2-4-8-11/h2-10,14H,1H3,(H2,18,21). The summed E-state index contributed by atoms with van der Waals surface area (Å²) in [4.78, 5) is 28.8. The highest BCUT2D eigenvalue weighted by molar-refractivity contribution is 8.00. The van der Waals surface area contributed by atoms with Crippen LogP contribution in [0.1, 0.15) is 10.8 Å². The van der Waals surface area contributed by atoms with Crippen molar-refractivity contribution in [2.24, 2.45) is 12.8 Å². The molecule has 1 atom stereocenters. The average molecular weight is 325 g/mol. The summed E-state index contributed by atoms with van der Waals surface area (Å²) in [5.74, 6) is -0.469. The van der Waals surface area contributed by atoms with Crippen LogP contribution in [0.15, 0.2) is 64.5 Å². The topological polar surface area (TPSA) is 78.0 Å². The molecule has 0 saturated carbocycles. The molecular weight excluding hydrogens is 310 g/mol. The number of primary amides is 1. The van der Waals surface area contributed by atoms with E-state index in [1.165, 1.54) is 16.3 Å². The first-order valence-corrected chi connectivity index (χ1v) is 7.92. The molecule has 0 saturated heterocycles. The van der Waals surface area contributed by atoms with E-state index in [0.717, 1.165) is 5.56 Å². The van der Waals surface area contributed by atoms with Crippen molar-refractivity contribution >= 4 is 28.6 Å². The summed E-state index contributed by atoms with van der Waals surface area (Å²) in [5.41, 5.74) is 6.79. The van der Waals surface area contributed by atoms with E-state index in [4.69, 9.17) is 5.73 Å². The van der Waals surface area contributed by atoms with Crippen LogP contribution in [0, 0.1) is 0 Å². The molecule has 0 fully saturated rings. The molecule has 3 rings (SSSR count). The molecule has 0 aliphatic carbocycles. The fourth-order valence-corrected chi connectivity index (χ4v) is 3.34. The fourth-order valence-electron chi connectivity index (χ4n) is 2.33. The minimum Gasteiger partial charge on any atom is -0.368 e. The normalized spacial score (nSPS) is 12.2. The number of amides is 1. The molecule has 0 aliphatic heterocycles. The molecule has 1 aromatic heterocycles. The van der Waals surface area contributed by atoms with Gasteiger partial charge < -0.3 is 5.73 Å². The molecule has 3 aromatic rings. The highest BCUT2D eigenvalue weighted by atomic mass is 32.2. The number of thioether (sulfide) groups is 1. The third-order valence-corrected chi connectivity index (χ3v) is 4.84. The molecule has 1 heterocycles. The maximum Gasteiger partial charge on any atom is 0.261 e. The van der Waals surface area contributed by atoms with Crippen molar-refractivity contribution in [2.45, 2.75) is 10.4 Å². The van der Waals surface area contributed by atoms with Crippen LogP contribution >= 0.6 is 11.8 Å². The molecule has 0 radical (unpaired) electrons. The Labute approximate surface area is 137 Å². The second-order valence-electron chi connectivity index (χ2n) is 5.09. The van der Waals surface area contributed by atoms with Crippen LogP contribution < -0.4 is 11.3 Å². The van der Waals surface area contributed by atoms with Gasteiger partial charge in [-0.15, -0.1) is 0 Å². The Morgan fingerprint density at radius 2 is 1.78 bits per heavy atom. The van der Waals surface area contributed by atoms with Crippen LogP contribution in [0.25, 0.3) is 10.9 Å². The van der Waals surface area contributed by atoms with Crippen molar-refractivity contribution in [3.8, 4) is 0 Å². The molecule has 116 valence electrons. The molecule has 23 heavy (non-hydrogen) atoms. The first kappa shape index (κ1) is 15.3. The van der Waals surface area contributed by atoms with Crippen molar-refractivity contribution in [2.75, 3.05) is 0 Å². The minimum absolute atomic E-state index is 0.144. The Morgan fingerprint density at radius 3 is 2.48 bits per heavy atom. The second-order valence-corrected chi connectivity index (χ2v) is 6.16. The highest BCUT2D eigenvalue weighted by Crippen LogP contribution is 2.33. The predicted octanol–water partition coefficient (Wildman–Crippen LogP) is 2.25. The predicted molar refractivity (Wildman–Crippen MR) is 91.2 cm³/mol. The lowest BCUT2D eigenvalue weighted by atomic mass is 10.1. The molecule has 0 bridgehead atoms. The summed E-state index contributed by atoms with van der Waals surface area (Å²) >= 11 is 1.18. The van der Waals surface area contributed by atoms with Crippen molar-refractivity contribution in [3.05, 3.63) is 70.5 Å². The Kier molecular flexibility index (Phi) is 4.16. The largest absolute Gasteiger partial charge is 0.368 e. The van der Waals surface area contributed by atoms with Crippen molar-refractivity contribution in [3.63, 3.8) is 0 Å². The number of hydrogen-bond acceptors (Lipinski definition) is 4. The van der Waals surface area contributed by atoms with E-state index in [9.17, 15) is 9.59 Å². The van der Waals surface area contributed by atoms with E-state index in [2.05, 4.69) is 4.98 Å². The fraction of sp³-hybridized carbons (Fsp3) is 0.118. The van der Waals surface area contributed by atoms with Crippen molar-refractivity contribution in [1.82, 2.24) is 9.55 Å². The molecule has 1 amide bonds. The molecular formula is C17H15N3O2S. The van der Waals surface area contributed by atoms with Gasteiger partial charge in [-0.25, -0.2) is 4.98 Å². The zero-order valence-electron chi connectivity index (χ0n) is 12.5. The first-order chi connectivity index (χ1) is 11.1. The molecule has 1 unspecified atom stereocenters. The van der Waals surface area contributed by atoms with Gasteiger partial charge in [-0.2, -0.15) is 0 Å². The number of carbonyl (C=O) groups is 1. The molecule has 0 spiro atoms. The lowest BCUT2D eigenvalue weighted by Gasteiger charge is -2.15. The summed E-state index contributed by atoms with van der Waals surface area (Å²) < 4.78 is 1.45. The van der Waals surface area contributed by atoms with Crippen molar-refractivity contribution in [1.29, 1.82) is 0 Å². The van der Waals surface area contributed by atoms with Gasteiger partial charge in [0.15, 0.2) is 5.16 Å². The van der Waals surface area contributed by atoms with Crippen LogP contribution in [0.4, 0.5) is 0 Å². The van der Waals surface area contributed by atoms with E-state index in [0.29, 0.717) is 16.1 Å². The molecule has 0 aliphatic rings. The van der Waals surface area contributed by atoms with Gasteiger partial charge in [0.05, 0.1) is 10.9 Å². The lowest BCUT2D eigenvalue weighted by Crippen LogP contribution is -2.23. The van der Waals surface area contributed by atoms with E-state index in [1.807, 2.05) is 36.4 Å². The number of aromatic nitrogens is 2. The summed E-state index contributed by atoms with van der Waals surface area (Å²) in [6, 6.07) is 16.4. The van der Waals surface area contributed by atoms with Gasteiger partial charge in [-0.05, 0) is 17.7 Å². The van der Waals surface area contributed by atoms with Crippen LogP contribution in [0.5, 0.6) is 0 Å². The number of hydrogen-bond donors (Lipinski definition) is 1. The quantitative estimate of drug-likeness (QED) is 0.589. The zero-order valence-corrected chi connectivity index (χ0v) is 13.3. The number of nitrogens with two attached hydrogens (primary N) is 1. The van der Waals surface area contributed by atoms with Gasteiger partial charge in [-0.1, -0.05) is 54.2 Å². The maximum absolute atomic E-state index is 12.4. The number of rotatable bonds is 4. The Hall–Kier alpha value is -2.60. The number of carbonyl (C=O) groups excluding carboxylic acids is 1. The minimum atomic E-state index is -0.601. The van der Waals surface area contributed by atoms with Gasteiger partial charge in [0, 0.05) is 7.05 Å². The van der Waals surface area contributed by atoms with Gasteiger partial charge in [-0.3, -0.25) is 14.2 Å². The zero-order chi connectivity index (χ0) is 16.4. The van der Waals surface area contributed by atoms with E-state index in [-0.39, 0.29) is 5.56 Å². The Morgan fingerprint density at radius 1 is 1.13 bits per heavy atom. The summed E-state index contributed by atoms with van der Waals surface area (Å²) in [6.45, 7) is 0. The highest BCUT2D eigenvalue weighted by Gasteiger charge is 2.22. The number of para-hydroxylation sites is 1. The lowest BCUT2D eigenvalue weighted by molar-refractivity contribution is -0.117. The van der Waals surface area contributed by atoms with Crippen LogP contribution in [0.2, 0.25) is 0 Å². The van der Waals surface area contributed by atoms with Gasteiger partial charge in [0.1, 0.15) is 5.25 Å². The third kappa shape index (κ3) is 2.98. The number of benzene rings is 2. The van der Waals surface area contributed by atoms with E-state index in [1.54, 1.807) is 25.2 Å². The number of nitrogens with zero attached hydrogens (tertiary/aromatic N) is 2. The Bertz CT molecular complexity index is 922. The average Bonchev–Trinajstić information content (AvgIpc) is 2.57. The van der Waals surface area contributed by atoms with Crippen LogP contribution in [-0.2, 0) is 11.8 Å². The van der Waals surface area contributed by atoms with E-state index < -0.39 is 11.2 Å². The van der Waals surface area contributed by atoms with Gasteiger partial charge in [0.2, 0.25) is 5.91 Å². The van der Waals surface area contributed by atoms with Crippen LogP contribution in [-0.4, -0.2) is 15.5 Å². The maximum atomic E-state index is 12.4. The number of fused-ring (bicyclic) bond motifs is 1. The monoisotopic (exact) mass is 325 g/mol. The Balaban J connectivity index is 2.08. The second kappa shape index (κ2) is 6.26. The van der Waals surface area contributed by atoms with Gasteiger partial charge in [0.25, 0.3) is 5.56 Å². The summed E-state index contributed by atoms with van der Waals surface area (Å²) in [6.07, 6.45) is 0. The molecule has 5 nitrogen and oxygen atoms in total.